The van der Waals surface area contributed by atoms with Gasteiger partial charge in [0.05, 0.1) is 30.2 Å². The SMILES string of the molecule is COc1ccc(C#N)c(NC2C=CS(=O)(=O)C2)c1. The molecule has 1 heterocycles. The second-order valence-electron chi connectivity index (χ2n) is 3.93. The van der Waals surface area contributed by atoms with Crippen LogP contribution in [0.5, 0.6) is 5.75 Å². The van der Waals surface area contributed by atoms with Gasteiger partial charge in [-0.25, -0.2) is 8.42 Å². The van der Waals surface area contributed by atoms with Crippen molar-refractivity contribution in [3.8, 4) is 11.8 Å². The minimum Gasteiger partial charge on any atom is -0.497 e. The van der Waals surface area contributed by atoms with Crippen molar-refractivity contribution in [2.75, 3.05) is 18.2 Å². The van der Waals surface area contributed by atoms with Crippen LogP contribution in [0.2, 0.25) is 0 Å². The van der Waals surface area contributed by atoms with Crippen molar-refractivity contribution in [3.63, 3.8) is 0 Å². The molecule has 0 aromatic heterocycles. The number of anilines is 1. The first-order chi connectivity index (χ1) is 8.54. The Bertz CT molecular complexity index is 629. The first-order valence-electron chi connectivity index (χ1n) is 5.30. The molecule has 0 spiro atoms. The first-order valence-corrected chi connectivity index (χ1v) is 7.01. The molecule has 0 aliphatic carbocycles. The van der Waals surface area contributed by atoms with Crippen LogP contribution >= 0.6 is 0 Å². The van der Waals surface area contributed by atoms with E-state index in [9.17, 15) is 8.42 Å². The molecular formula is C12H12N2O3S. The van der Waals surface area contributed by atoms with Crippen LogP contribution in [0, 0.1) is 11.3 Å². The standard InChI is InChI=1S/C12H12N2O3S/c1-17-11-3-2-9(7-13)12(6-11)14-10-4-5-18(15,16)8-10/h2-6,10,14H,8H2,1H3. The van der Waals surface area contributed by atoms with E-state index in [0.29, 0.717) is 17.0 Å². The zero-order valence-electron chi connectivity index (χ0n) is 9.75. The molecule has 1 aromatic rings. The second-order valence-corrected chi connectivity index (χ2v) is 5.86. The number of nitrogens with one attached hydrogen (secondary N) is 1. The third-order valence-electron chi connectivity index (χ3n) is 2.62. The Balaban J connectivity index is 2.24. The highest BCUT2D eigenvalue weighted by Gasteiger charge is 2.22. The number of ether oxygens (including phenoxy) is 1. The van der Waals surface area contributed by atoms with E-state index in [0.717, 1.165) is 0 Å². The number of hydrogen-bond donors (Lipinski definition) is 1. The lowest BCUT2D eigenvalue weighted by Gasteiger charge is -2.13. The molecule has 0 radical (unpaired) electrons. The van der Waals surface area contributed by atoms with Crippen LogP contribution in [-0.4, -0.2) is 27.3 Å². The van der Waals surface area contributed by atoms with Crippen molar-refractivity contribution >= 4 is 15.5 Å². The largest absolute Gasteiger partial charge is 0.497 e. The van der Waals surface area contributed by atoms with Crippen molar-refractivity contribution < 1.29 is 13.2 Å². The van der Waals surface area contributed by atoms with Crippen molar-refractivity contribution in [3.05, 3.63) is 35.2 Å². The van der Waals surface area contributed by atoms with E-state index in [1.54, 1.807) is 24.3 Å². The Hall–Kier alpha value is -2.00. The van der Waals surface area contributed by atoms with Crippen LogP contribution in [0.4, 0.5) is 5.69 Å². The molecule has 5 nitrogen and oxygen atoms in total. The first kappa shape index (κ1) is 12.5. The number of hydrogen-bond acceptors (Lipinski definition) is 5. The number of methoxy groups -OCH3 is 1. The highest BCUT2D eigenvalue weighted by Crippen LogP contribution is 2.24. The maximum atomic E-state index is 11.3. The average molecular weight is 264 g/mol. The van der Waals surface area contributed by atoms with Crippen LogP contribution < -0.4 is 10.1 Å². The van der Waals surface area contributed by atoms with Gasteiger partial charge in [0.1, 0.15) is 11.8 Å². The lowest BCUT2D eigenvalue weighted by molar-refractivity contribution is 0.415. The number of rotatable bonds is 3. The average Bonchev–Trinajstić information content (AvgIpc) is 2.68. The van der Waals surface area contributed by atoms with Crippen LogP contribution in [0.3, 0.4) is 0 Å². The topological polar surface area (TPSA) is 79.2 Å². The summed E-state index contributed by atoms with van der Waals surface area (Å²) in [4.78, 5) is 0. The molecule has 0 amide bonds. The Morgan fingerprint density at radius 1 is 1.50 bits per heavy atom. The molecule has 1 aromatic carbocycles. The summed E-state index contributed by atoms with van der Waals surface area (Å²) in [5.41, 5.74) is 1.03. The van der Waals surface area contributed by atoms with Gasteiger partial charge in [-0.1, -0.05) is 6.08 Å². The minimum absolute atomic E-state index is 0.00901. The number of benzene rings is 1. The van der Waals surface area contributed by atoms with Crippen LogP contribution in [0.1, 0.15) is 5.56 Å². The number of sulfone groups is 1. The molecule has 1 N–H and O–H groups in total. The zero-order valence-corrected chi connectivity index (χ0v) is 10.6. The zero-order chi connectivity index (χ0) is 13.2. The van der Waals surface area contributed by atoms with Gasteiger partial charge in [-0.2, -0.15) is 5.26 Å². The molecule has 6 heteroatoms. The summed E-state index contributed by atoms with van der Waals surface area (Å²) in [5.74, 6) is 0.621. The Labute approximate surface area is 106 Å². The Kier molecular flexibility index (Phi) is 3.26. The van der Waals surface area contributed by atoms with Gasteiger partial charge in [0, 0.05) is 11.5 Å². The van der Waals surface area contributed by atoms with Gasteiger partial charge in [0.2, 0.25) is 0 Å². The molecule has 1 atom stereocenters. The molecule has 0 saturated heterocycles. The van der Waals surface area contributed by atoms with Gasteiger partial charge in [-0.15, -0.1) is 0 Å². The predicted molar refractivity (Wildman–Crippen MR) is 68.0 cm³/mol. The highest BCUT2D eigenvalue weighted by atomic mass is 32.2. The van der Waals surface area contributed by atoms with Gasteiger partial charge >= 0.3 is 0 Å². The summed E-state index contributed by atoms with van der Waals surface area (Å²) < 4.78 is 27.7. The normalized spacial score (nSPS) is 20.3. The molecule has 1 aliphatic rings. The fraction of sp³-hybridized carbons (Fsp3) is 0.250. The summed E-state index contributed by atoms with van der Waals surface area (Å²) in [5, 5.41) is 13.2. The van der Waals surface area contributed by atoms with Crippen molar-refractivity contribution in [1.82, 2.24) is 0 Å². The second kappa shape index (κ2) is 4.70. The van der Waals surface area contributed by atoms with E-state index in [1.165, 1.54) is 12.5 Å². The van der Waals surface area contributed by atoms with Crippen LogP contribution in [0.25, 0.3) is 0 Å². The molecule has 1 aliphatic heterocycles. The summed E-state index contributed by atoms with van der Waals surface area (Å²) >= 11 is 0. The fourth-order valence-electron chi connectivity index (χ4n) is 1.73. The third-order valence-corrected chi connectivity index (χ3v) is 4.01. The van der Waals surface area contributed by atoms with Gasteiger partial charge in [-0.3, -0.25) is 0 Å². The molecule has 1 unspecified atom stereocenters. The van der Waals surface area contributed by atoms with Gasteiger partial charge in [0.15, 0.2) is 9.84 Å². The van der Waals surface area contributed by atoms with Gasteiger partial charge in [0.25, 0.3) is 0 Å². The van der Waals surface area contributed by atoms with E-state index in [1.807, 2.05) is 6.07 Å². The molecular weight excluding hydrogens is 252 g/mol. The molecule has 0 saturated carbocycles. The lowest BCUT2D eigenvalue weighted by atomic mass is 10.1. The molecule has 18 heavy (non-hydrogen) atoms. The fourth-order valence-corrected chi connectivity index (χ4v) is 2.97. The lowest BCUT2D eigenvalue weighted by Crippen LogP contribution is -2.21. The Morgan fingerprint density at radius 2 is 2.28 bits per heavy atom. The summed E-state index contributed by atoms with van der Waals surface area (Å²) in [6.07, 6.45) is 1.58. The van der Waals surface area contributed by atoms with Crippen LogP contribution in [-0.2, 0) is 9.84 Å². The molecule has 0 bridgehead atoms. The smallest absolute Gasteiger partial charge is 0.173 e. The number of nitriles is 1. The van der Waals surface area contributed by atoms with E-state index in [-0.39, 0.29) is 11.8 Å². The summed E-state index contributed by atoms with van der Waals surface area (Å²) in [6.45, 7) is 0. The monoisotopic (exact) mass is 264 g/mol. The van der Waals surface area contributed by atoms with Gasteiger partial charge in [-0.05, 0) is 12.1 Å². The molecule has 94 valence electrons. The van der Waals surface area contributed by atoms with Crippen molar-refractivity contribution in [2.24, 2.45) is 0 Å². The maximum Gasteiger partial charge on any atom is 0.173 e. The van der Waals surface area contributed by atoms with Crippen molar-refractivity contribution in [1.29, 1.82) is 5.26 Å². The minimum atomic E-state index is -3.11. The van der Waals surface area contributed by atoms with Gasteiger partial charge < -0.3 is 10.1 Å². The third kappa shape index (κ3) is 2.63. The number of nitrogens with zero attached hydrogens (tertiary/aromatic N) is 1. The van der Waals surface area contributed by atoms with Crippen molar-refractivity contribution in [2.45, 2.75) is 6.04 Å². The molecule has 2 rings (SSSR count). The summed E-state index contributed by atoms with van der Waals surface area (Å²) in [6, 6.07) is 6.74. The van der Waals surface area contributed by atoms with E-state index in [2.05, 4.69) is 5.32 Å². The molecule has 0 fully saturated rings. The highest BCUT2D eigenvalue weighted by molar-refractivity contribution is 7.94. The van der Waals surface area contributed by atoms with E-state index >= 15 is 0 Å². The van der Waals surface area contributed by atoms with Crippen LogP contribution in [0.15, 0.2) is 29.7 Å². The van der Waals surface area contributed by atoms with E-state index < -0.39 is 9.84 Å². The predicted octanol–water partition coefficient (Wildman–Crippen LogP) is 1.29. The quantitative estimate of drug-likeness (QED) is 0.889. The maximum absolute atomic E-state index is 11.3. The Morgan fingerprint density at radius 3 is 2.83 bits per heavy atom. The van der Waals surface area contributed by atoms with E-state index in [4.69, 9.17) is 10.00 Å². The summed E-state index contributed by atoms with van der Waals surface area (Å²) in [7, 11) is -1.58.